The second-order valence-electron chi connectivity index (χ2n) is 4.17. The summed E-state index contributed by atoms with van der Waals surface area (Å²) in [7, 11) is 1.56. The third kappa shape index (κ3) is 3.92. The van der Waals surface area contributed by atoms with Gasteiger partial charge in [-0.2, -0.15) is 0 Å². The van der Waals surface area contributed by atoms with E-state index in [9.17, 15) is 10.2 Å². The lowest BCUT2D eigenvalue weighted by Crippen LogP contribution is -2.41. The van der Waals surface area contributed by atoms with E-state index in [1.165, 1.54) is 0 Å². The second kappa shape index (κ2) is 5.66. The van der Waals surface area contributed by atoms with Crippen LogP contribution in [0.2, 0.25) is 0 Å². The molecule has 0 aromatic carbocycles. The number of rotatable bonds is 6. The first-order valence-corrected chi connectivity index (χ1v) is 5.26. The van der Waals surface area contributed by atoms with Gasteiger partial charge in [0.25, 0.3) is 0 Å². The van der Waals surface area contributed by atoms with Crippen LogP contribution >= 0.6 is 0 Å². The molecule has 0 aromatic heterocycles. The van der Waals surface area contributed by atoms with Crippen molar-refractivity contribution in [1.82, 2.24) is 5.32 Å². The summed E-state index contributed by atoms with van der Waals surface area (Å²) < 4.78 is 4.80. The molecular formula is C10H21NO3. The molecule has 1 aliphatic carbocycles. The Morgan fingerprint density at radius 3 is 2.64 bits per heavy atom. The van der Waals surface area contributed by atoms with E-state index in [1.54, 1.807) is 7.11 Å². The van der Waals surface area contributed by atoms with Gasteiger partial charge in [0.05, 0.1) is 18.3 Å². The summed E-state index contributed by atoms with van der Waals surface area (Å²) in [6.45, 7) is 1.40. The largest absolute Gasteiger partial charge is 0.389 e. The Balaban J connectivity index is 2.08. The molecule has 0 aromatic rings. The molecule has 4 nitrogen and oxygen atoms in total. The van der Waals surface area contributed by atoms with Crippen LogP contribution < -0.4 is 5.32 Å². The Morgan fingerprint density at radius 2 is 2.07 bits per heavy atom. The van der Waals surface area contributed by atoms with E-state index in [4.69, 9.17) is 4.74 Å². The van der Waals surface area contributed by atoms with Crippen molar-refractivity contribution < 1.29 is 14.9 Å². The van der Waals surface area contributed by atoms with E-state index in [2.05, 4.69) is 5.32 Å². The molecule has 0 bridgehead atoms. The first-order valence-electron chi connectivity index (χ1n) is 5.26. The van der Waals surface area contributed by atoms with Gasteiger partial charge in [-0.1, -0.05) is 12.8 Å². The van der Waals surface area contributed by atoms with Gasteiger partial charge in [-0.25, -0.2) is 0 Å². The zero-order valence-electron chi connectivity index (χ0n) is 8.83. The molecule has 0 saturated heterocycles. The van der Waals surface area contributed by atoms with Crippen LogP contribution in [-0.4, -0.2) is 48.7 Å². The van der Waals surface area contributed by atoms with Crippen molar-refractivity contribution in [2.75, 3.05) is 26.8 Å². The quantitative estimate of drug-likeness (QED) is 0.563. The predicted molar refractivity (Wildman–Crippen MR) is 54.2 cm³/mol. The smallest absolute Gasteiger partial charge is 0.0897 e. The van der Waals surface area contributed by atoms with Crippen LogP contribution in [0.15, 0.2) is 0 Å². The molecule has 1 unspecified atom stereocenters. The molecule has 84 valence electrons. The van der Waals surface area contributed by atoms with Crippen molar-refractivity contribution in [3.63, 3.8) is 0 Å². The number of hydrogen-bond acceptors (Lipinski definition) is 4. The number of methoxy groups -OCH3 is 1. The van der Waals surface area contributed by atoms with Crippen LogP contribution in [-0.2, 0) is 4.74 Å². The van der Waals surface area contributed by atoms with Gasteiger partial charge in [0.1, 0.15) is 0 Å². The first-order chi connectivity index (χ1) is 6.66. The van der Waals surface area contributed by atoms with Crippen molar-refractivity contribution in [3.05, 3.63) is 0 Å². The number of aliphatic hydroxyl groups excluding tert-OH is 1. The molecule has 0 amide bonds. The summed E-state index contributed by atoms with van der Waals surface area (Å²) in [5.74, 6) is 0. The van der Waals surface area contributed by atoms with Gasteiger partial charge in [0, 0.05) is 20.2 Å². The summed E-state index contributed by atoms with van der Waals surface area (Å²) in [5.41, 5.74) is -0.535. The molecule has 1 saturated carbocycles. The standard InChI is InChI=1S/C10H21NO3/c1-14-7-9(12)6-11-8-10(13)4-2-3-5-10/h9,11-13H,2-8H2,1H3. The zero-order chi connectivity index (χ0) is 10.4. The van der Waals surface area contributed by atoms with Crippen molar-refractivity contribution in [2.45, 2.75) is 37.4 Å². The highest BCUT2D eigenvalue weighted by molar-refractivity contribution is 4.86. The lowest BCUT2D eigenvalue weighted by molar-refractivity contribution is 0.0342. The summed E-state index contributed by atoms with van der Waals surface area (Å²) in [6, 6.07) is 0. The maximum absolute atomic E-state index is 9.96. The Kier molecular flexibility index (Phi) is 4.81. The third-order valence-corrected chi connectivity index (χ3v) is 2.73. The number of aliphatic hydroxyl groups is 2. The molecule has 0 radical (unpaired) electrons. The molecule has 4 heteroatoms. The molecule has 1 aliphatic rings. The van der Waals surface area contributed by atoms with E-state index < -0.39 is 11.7 Å². The number of ether oxygens (including phenoxy) is 1. The maximum Gasteiger partial charge on any atom is 0.0897 e. The van der Waals surface area contributed by atoms with Crippen molar-refractivity contribution in [3.8, 4) is 0 Å². The first kappa shape index (κ1) is 11.9. The fraction of sp³-hybridized carbons (Fsp3) is 1.00. The van der Waals surface area contributed by atoms with Crippen LogP contribution in [0.4, 0.5) is 0 Å². The number of nitrogens with one attached hydrogen (secondary N) is 1. The highest BCUT2D eigenvalue weighted by atomic mass is 16.5. The SMILES string of the molecule is COCC(O)CNCC1(O)CCCC1. The summed E-state index contributed by atoms with van der Waals surface area (Å²) in [6.07, 6.45) is 3.49. The molecule has 1 fully saturated rings. The van der Waals surface area contributed by atoms with Crippen LogP contribution in [0.5, 0.6) is 0 Å². The molecule has 0 aliphatic heterocycles. The van der Waals surface area contributed by atoms with Crippen LogP contribution in [0.1, 0.15) is 25.7 Å². The Morgan fingerprint density at radius 1 is 1.43 bits per heavy atom. The van der Waals surface area contributed by atoms with E-state index in [1.807, 2.05) is 0 Å². The van der Waals surface area contributed by atoms with Gasteiger partial charge in [0.2, 0.25) is 0 Å². The van der Waals surface area contributed by atoms with Crippen LogP contribution in [0.3, 0.4) is 0 Å². The topological polar surface area (TPSA) is 61.7 Å². The van der Waals surface area contributed by atoms with E-state index in [0.29, 0.717) is 19.7 Å². The maximum atomic E-state index is 9.96. The Labute approximate surface area is 85.3 Å². The van der Waals surface area contributed by atoms with Gasteiger partial charge in [-0.05, 0) is 12.8 Å². The van der Waals surface area contributed by atoms with Crippen LogP contribution in [0.25, 0.3) is 0 Å². The lowest BCUT2D eigenvalue weighted by Gasteiger charge is -2.23. The fourth-order valence-electron chi connectivity index (χ4n) is 1.93. The average Bonchev–Trinajstić information content (AvgIpc) is 2.53. The number of hydrogen-bond donors (Lipinski definition) is 3. The minimum atomic E-state index is -0.535. The van der Waals surface area contributed by atoms with Crippen LogP contribution in [0, 0.1) is 0 Å². The molecule has 1 atom stereocenters. The van der Waals surface area contributed by atoms with Gasteiger partial charge >= 0.3 is 0 Å². The van der Waals surface area contributed by atoms with Gasteiger partial charge < -0.3 is 20.3 Å². The monoisotopic (exact) mass is 203 g/mol. The lowest BCUT2D eigenvalue weighted by atomic mass is 10.0. The van der Waals surface area contributed by atoms with Gasteiger partial charge in [-0.3, -0.25) is 0 Å². The van der Waals surface area contributed by atoms with E-state index in [0.717, 1.165) is 25.7 Å². The second-order valence-corrected chi connectivity index (χ2v) is 4.17. The zero-order valence-corrected chi connectivity index (χ0v) is 8.83. The fourth-order valence-corrected chi connectivity index (χ4v) is 1.93. The van der Waals surface area contributed by atoms with Crippen molar-refractivity contribution in [2.24, 2.45) is 0 Å². The normalized spacial score (nSPS) is 22.5. The summed E-state index contributed by atoms with van der Waals surface area (Å²) >= 11 is 0. The molecular weight excluding hydrogens is 182 g/mol. The minimum absolute atomic E-state index is 0.339. The van der Waals surface area contributed by atoms with E-state index >= 15 is 0 Å². The third-order valence-electron chi connectivity index (χ3n) is 2.73. The summed E-state index contributed by atoms with van der Waals surface area (Å²) in [4.78, 5) is 0. The Hall–Kier alpha value is -0.160. The van der Waals surface area contributed by atoms with E-state index in [-0.39, 0.29) is 0 Å². The average molecular weight is 203 g/mol. The van der Waals surface area contributed by atoms with Gasteiger partial charge in [-0.15, -0.1) is 0 Å². The molecule has 1 rings (SSSR count). The Bertz CT molecular complexity index is 157. The summed E-state index contributed by atoms with van der Waals surface area (Å²) in [5, 5.41) is 22.4. The molecule has 3 N–H and O–H groups in total. The predicted octanol–water partition coefficient (Wildman–Crippen LogP) is -0.112. The van der Waals surface area contributed by atoms with Crippen molar-refractivity contribution in [1.29, 1.82) is 0 Å². The molecule has 14 heavy (non-hydrogen) atoms. The van der Waals surface area contributed by atoms with Crippen molar-refractivity contribution >= 4 is 0 Å². The minimum Gasteiger partial charge on any atom is -0.389 e. The van der Waals surface area contributed by atoms with Gasteiger partial charge in [0.15, 0.2) is 0 Å². The molecule has 0 spiro atoms. The highest BCUT2D eigenvalue weighted by Gasteiger charge is 2.30. The highest BCUT2D eigenvalue weighted by Crippen LogP contribution is 2.28. The molecule has 0 heterocycles.